The Labute approximate surface area is 119 Å². The summed E-state index contributed by atoms with van der Waals surface area (Å²) in [5, 5.41) is 2.59. The van der Waals surface area contributed by atoms with Crippen LogP contribution in [0.1, 0.15) is 33.6 Å². The van der Waals surface area contributed by atoms with E-state index in [1.165, 1.54) is 0 Å². The molecule has 0 aromatic rings. The monoisotopic (exact) mass is 284 g/mol. The summed E-state index contributed by atoms with van der Waals surface area (Å²) >= 11 is 0. The predicted molar refractivity (Wildman–Crippen MR) is 73.8 cm³/mol. The molecule has 0 spiro atoms. The van der Waals surface area contributed by atoms with Gasteiger partial charge in [-0.15, -0.1) is 0 Å². The molecule has 1 aliphatic heterocycles. The fraction of sp³-hybridized carbons (Fsp3) is 0.786. The average molecular weight is 284 g/mol. The minimum absolute atomic E-state index is 0.0100. The Morgan fingerprint density at radius 2 is 1.85 bits per heavy atom. The van der Waals surface area contributed by atoms with E-state index in [0.717, 1.165) is 0 Å². The van der Waals surface area contributed by atoms with Gasteiger partial charge in [0, 0.05) is 24.9 Å². The molecular formula is C14H24N2O4. The predicted octanol–water partition coefficient (Wildman–Crippen LogP) is 0.560. The van der Waals surface area contributed by atoms with Crippen LogP contribution in [0.2, 0.25) is 0 Å². The van der Waals surface area contributed by atoms with Gasteiger partial charge in [-0.3, -0.25) is 14.4 Å². The van der Waals surface area contributed by atoms with Crippen molar-refractivity contribution in [1.82, 2.24) is 10.2 Å². The molecule has 1 heterocycles. The van der Waals surface area contributed by atoms with Crippen molar-refractivity contribution in [2.24, 2.45) is 11.8 Å². The highest BCUT2D eigenvalue weighted by atomic mass is 16.5. The smallest absolute Gasteiger partial charge is 0.325 e. The minimum atomic E-state index is -0.423. The minimum Gasteiger partial charge on any atom is -0.465 e. The van der Waals surface area contributed by atoms with Gasteiger partial charge in [-0.2, -0.15) is 0 Å². The SMILES string of the molecule is CCOC(=O)CNC(=O)C1CCN(C(=O)C(C)C)CC1. The van der Waals surface area contributed by atoms with Crippen LogP contribution >= 0.6 is 0 Å². The molecule has 0 aromatic carbocycles. The number of esters is 1. The van der Waals surface area contributed by atoms with Crippen LogP contribution in [0.15, 0.2) is 0 Å². The summed E-state index contributed by atoms with van der Waals surface area (Å²) in [5.74, 6) is -0.553. The second-order valence-corrected chi connectivity index (χ2v) is 5.28. The van der Waals surface area contributed by atoms with E-state index in [9.17, 15) is 14.4 Å². The van der Waals surface area contributed by atoms with Crippen LogP contribution in [0.4, 0.5) is 0 Å². The van der Waals surface area contributed by atoms with Crippen molar-refractivity contribution in [2.75, 3.05) is 26.2 Å². The van der Waals surface area contributed by atoms with Crippen LogP contribution < -0.4 is 5.32 Å². The van der Waals surface area contributed by atoms with E-state index in [1.807, 2.05) is 13.8 Å². The third-order valence-corrected chi connectivity index (χ3v) is 3.38. The van der Waals surface area contributed by atoms with Gasteiger partial charge in [-0.1, -0.05) is 13.8 Å². The lowest BCUT2D eigenvalue weighted by Crippen LogP contribution is -2.45. The molecule has 0 aliphatic carbocycles. The Morgan fingerprint density at radius 3 is 2.35 bits per heavy atom. The molecule has 6 nitrogen and oxygen atoms in total. The molecule has 0 radical (unpaired) electrons. The summed E-state index contributed by atoms with van der Waals surface area (Å²) in [5.41, 5.74) is 0. The quantitative estimate of drug-likeness (QED) is 0.749. The van der Waals surface area contributed by atoms with Crippen molar-refractivity contribution in [3.05, 3.63) is 0 Å². The maximum absolute atomic E-state index is 11.9. The first-order valence-electron chi connectivity index (χ1n) is 7.17. The molecule has 2 amide bonds. The normalized spacial score (nSPS) is 16.1. The number of carbonyl (C=O) groups excluding carboxylic acids is 3. The van der Waals surface area contributed by atoms with Crippen molar-refractivity contribution in [2.45, 2.75) is 33.6 Å². The molecule has 0 atom stereocenters. The van der Waals surface area contributed by atoms with Crippen molar-refractivity contribution in [3.63, 3.8) is 0 Å². The van der Waals surface area contributed by atoms with Crippen LogP contribution in [0.25, 0.3) is 0 Å². The number of rotatable bonds is 5. The molecule has 1 fully saturated rings. The van der Waals surface area contributed by atoms with Crippen LogP contribution in [-0.4, -0.2) is 48.9 Å². The Bertz CT molecular complexity index is 360. The number of hydrogen-bond acceptors (Lipinski definition) is 4. The second kappa shape index (κ2) is 7.87. The van der Waals surface area contributed by atoms with Crippen molar-refractivity contribution >= 4 is 17.8 Å². The fourth-order valence-electron chi connectivity index (χ4n) is 2.24. The highest BCUT2D eigenvalue weighted by molar-refractivity contribution is 5.84. The lowest BCUT2D eigenvalue weighted by molar-refractivity contribution is -0.144. The third kappa shape index (κ3) is 4.83. The molecule has 1 saturated heterocycles. The first kappa shape index (κ1) is 16.5. The van der Waals surface area contributed by atoms with Crippen LogP contribution in [-0.2, 0) is 19.1 Å². The van der Waals surface area contributed by atoms with Gasteiger partial charge >= 0.3 is 5.97 Å². The Morgan fingerprint density at radius 1 is 1.25 bits per heavy atom. The highest BCUT2D eigenvalue weighted by Crippen LogP contribution is 2.18. The second-order valence-electron chi connectivity index (χ2n) is 5.28. The molecule has 0 aromatic heterocycles. The molecule has 20 heavy (non-hydrogen) atoms. The number of nitrogens with zero attached hydrogens (tertiary/aromatic N) is 1. The summed E-state index contributed by atoms with van der Waals surface area (Å²) in [6, 6.07) is 0. The van der Waals surface area contributed by atoms with Gasteiger partial charge in [0.25, 0.3) is 0 Å². The van der Waals surface area contributed by atoms with Gasteiger partial charge < -0.3 is 15.0 Å². The Hall–Kier alpha value is -1.59. The van der Waals surface area contributed by atoms with Crippen molar-refractivity contribution < 1.29 is 19.1 Å². The molecule has 1 rings (SSSR count). The number of hydrogen-bond donors (Lipinski definition) is 1. The molecule has 1 aliphatic rings. The van der Waals surface area contributed by atoms with Gasteiger partial charge in [0.2, 0.25) is 11.8 Å². The van der Waals surface area contributed by atoms with Crippen LogP contribution in [0.5, 0.6) is 0 Å². The molecule has 0 saturated carbocycles. The molecular weight excluding hydrogens is 260 g/mol. The van der Waals surface area contributed by atoms with E-state index in [4.69, 9.17) is 4.74 Å². The van der Waals surface area contributed by atoms with E-state index >= 15 is 0 Å². The van der Waals surface area contributed by atoms with E-state index in [2.05, 4.69) is 5.32 Å². The summed E-state index contributed by atoms with van der Waals surface area (Å²) in [6.45, 7) is 6.91. The summed E-state index contributed by atoms with van der Waals surface area (Å²) in [7, 11) is 0. The van der Waals surface area contributed by atoms with E-state index < -0.39 is 5.97 Å². The molecule has 0 bridgehead atoms. The number of amides is 2. The third-order valence-electron chi connectivity index (χ3n) is 3.38. The first-order valence-corrected chi connectivity index (χ1v) is 7.17. The summed E-state index contributed by atoms with van der Waals surface area (Å²) < 4.78 is 4.75. The number of piperidine rings is 1. The fourth-order valence-corrected chi connectivity index (χ4v) is 2.24. The standard InChI is InChI=1S/C14H24N2O4/c1-4-20-12(17)9-15-13(18)11-5-7-16(8-6-11)14(19)10(2)3/h10-11H,4-9H2,1-3H3,(H,15,18). The van der Waals surface area contributed by atoms with Crippen LogP contribution in [0.3, 0.4) is 0 Å². The van der Waals surface area contributed by atoms with Crippen molar-refractivity contribution in [1.29, 1.82) is 0 Å². The zero-order chi connectivity index (χ0) is 15.1. The summed E-state index contributed by atoms with van der Waals surface area (Å²) in [6.07, 6.45) is 1.29. The van der Waals surface area contributed by atoms with Gasteiger partial charge in [-0.25, -0.2) is 0 Å². The van der Waals surface area contributed by atoms with Crippen molar-refractivity contribution in [3.8, 4) is 0 Å². The Balaban J connectivity index is 2.32. The number of likely N-dealkylation sites (tertiary alicyclic amines) is 1. The maximum atomic E-state index is 11.9. The molecule has 114 valence electrons. The van der Waals surface area contributed by atoms with Gasteiger partial charge in [0.05, 0.1) is 6.61 Å². The molecule has 1 N–H and O–H groups in total. The zero-order valence-corrected chi connectivity index (χ0v) is 12.5. The van der Waals surface area contributed by atoms with Crippen LogP contribution in [0, 0.1) is 11.8 Å². The number of carbonyl (C=O) groups is 3. The number of ether oxygens (including phenoxy) is 1. The average Bonchev–Trinajstić information content (AvgIpc) is 2.44. The summed E-state index contributed by atoms with van der Waals surface area (Å²) in [4.78, 5) is 36.7. The number of nitrogens with one attached hydrogen (secondary N) is 1. The first-order chi connectivity index (χ1) is 9.45. The molecule has 6 heteroatoms. The Kier molecular flexibility index (Phi) is 6.48. The van der Waals surface area contributed by atoms with Gasteiger partial charge in [-0.05, 0) is 19.8 Å². The van der Waals surface area contributed by atoms with Gasteiger partial charge in [0.1, 0.15) is 6.54 Å². The largest absolute Gasteiger partial charge is 0.465 e. The van der Waals surface area contributed by atoms with Gasteiger partial charge in [0.15, 0.2) is 0 Å². The lowest BCUT2D eigenvalue weighted by Gasteiger charge is -2.32. The lowest BCUT2D eigenvalue weighted by atomic mass is 9.95. The van der Waals surface area contributed by atoms with E-state index in [-0.39, 0.29) is 30.2 Å². The maximum Gasteiger partial charge on any atom is 0.325 e. The topological polar surface area (TPSA) is 75.7 Å². The highest BCUT2D eigenvalue weighted by Gasteiger charge is 2.28. The zero-order valence-electron chi connectivity index (χ0n) is 12.5. The molecule has 0 unspecified atom stereocenters. The van der Waals surface area contributed by atoms with E-state index in [0.29, 0.717) is 32.5 Å². The van der Waals surface area contributed by atoms with E-state index in [1.54, 1.807) is 11.8 Å².